The number of imidazole rings is 1. The zero-order chi connectivity index (χ0) is 13.0. The SMILES string of the molecule is Cn1cnc2c(N3[C@@H]4CC[C@H]3C[C@H](O)C4)cccc21. The minimum absolute atomic E-state index is 0.114. The van der Waals surface area contributed by atoms with Gasteiger partial charge in [-0.2, -0.15) is 0 Å². The molecular weight excluding hydrogens is 238 g/mol. The summed E-state index contributed by atoms with van der Waals surface area (Å²) in [5.41, 5.74) is 3.53. The van der Waals surface area contributed by atoms with Crippen molar-refractivity contribution in [3.8, 4) is 0 Å². The first-order valence-electron chi connectivity index (χ1n) is 7.10. The summed E-state index contributed by atoms with van der Waals surface area (Å²) in [5, 5.41) is 9.93. The summed E-state index contributed by atoms with van der Waals surface area (Å²) in [7, 11) is 2.04. The van der Waals surface area contributed by atoms with E-state index in [1.54, 1.807) is 0 Å². The van der Waals surface area contributed by atoms with E-state index in [1.165, 1.54) is 24.0 Å². The Hall–Kier alpha value is -1.55. The number of hydrogen-bond donors (Lipinski definition) is 1. The molecule has 1 aromatic heterocycles. The third-order valence-electron chi connectivity index (χ3n) is 4.72. The maximum Gasteiger partial charge on any atom is 0.112 e. The lowest BCUT2D eigenvalue weighted by molar-refractivity contribution is 0.126. The molecule has 0 aliphatic carbocycles. The van der Waals surface area contributed by atoms with Crippen LogP contribution < -0.4 is 4.90 Å². The topological polar surface area (TPSA) is 41.3 Å². The Morgan fingerprint density at radius 1 is 1.21 bits per heavy atom. The normalized spacial score (nSPS) is 30.2. The van der Waals surface area contributed by atoms with Crippen molar-refractivity contribution in [3.63, 3.8) is 0 Å². The number of aliphatic hydroxyl groups is 1. The van der Waals surface area contributed by atoms with Crippen LogP contribution in [0.15, 0.2) is 24.5 Å². The second-order valence-corrected chi connectivity index (χ2v) is 5.92. The number of para-hydroxylation sites is 1. The maximum atomic E-state index is 9.93. The Balaban J connectivity index is 1.83. The molecule has 2 saturated heterocycles. The van der Waals surface area contributed by atoms with E-state index in [1.807, 2.05) is 13.4 Å². The molecule has 0 radical (unpaired) electrons. The van der Waals surface area contributed by atoms with Gasteiger partial charge in [0.1, 0.15) is 5.52 Å². The van der Waals surface area contributed by atoms with Gasteiger partial charge in [-0.25, -0.2) is 4.98 Å². The van der Waals surface area contributed by atoms with Crippen LogP contribution in [-0.2, 0) is 7.05 Å². The molecule has 2 fully saturated rings. The fourth-order valence-electron chi connectivity index (χ4n) is 3.89. The molecule has 3 atom stereocenters. The van der Waals surface area contributed by atoms with Crippen LogP contribution in [0.1, 0.15) is 25.7 Å². The van der Waals surface area contributed by atoms with Gasteiger partial charge in [-0.1, -0.05) is 6.07 Å². The lowest BCUT2D eigenvalue weighted by atomic mass is 9.99. The molecule has 0 spiro atoms. The molecule has 1 N–H and O–H groups in total. The summed E-state index contributed by atoms with van der Waals surface area (Å²) in [6, 6.07) is 7.39. The third-order valence-corrected chi connectivity index (χ3v) is 4.72. The van der Waals surface area contributed by atoms with Crippen LogP contribution >= 0.6 is 0 Å². The van der Waals surface area contributed by atoms with Crippen molar-refractivity contribution in [2.45, 2.75) is 43.9 Å². The monoisotopic (exact) mass is 257 g/mol. The van der Waals surface area contributed by atoms with E-state index in [9.17, 15) is 5.11 Å². The number of nitrogens with zero attached hydrogens (tertiary/aromatic N) is 3. The van der Waals surface area contributed by atoms with Gasteiger partial charge < -0.3 is 14.6 Å². The van der Waals surface area contributed by atoms with Crippen molar-refractivity contribution in [2.24, 2.45) is 7.05 Å². The Labute approximate surface area is 112 Å². The number of aromatic nitrogens is 2. The first-order chi connectivity index (χ1) is 9.24. The average molecular weight is 257 g/mol. The zero-order valence-electron chi connectivity index (χ0n) is 11.2. The van der Waals surface area contributed by atoms with E-state index in [4.69, 9.17) is 0 Å². The average Bonchev–Trinajstić information content (AvgIpc) is 2.89. The predicted molar refractivity (Wildman–Crippen MR) is 75.2 cm³/mol. The van der Waals surface area contributed by atoms with Gasteiger partial charge in [0.2, 0.25) is 0 Å². The number of piperidine rings is 1. The van der Waals surface area contributed by atoms with Crippen molar-refractivity contribution in [1.82, 2.24) is 9.55 Å². The Morgan fingerprint density at radius 3 is 2.68 bits per heavy atom. The van der Waals surface area contributed by atoms with Gasteiger partial charge in [0, 0.05) is 19.1 Å². The Morgan fingerprint density at radius 2 is 1.95 bits per heavy atom. The highest BCUT2D eigenvalue weighted by Crippen LogP contribution is 2.41. The van der Waals surface area contributed by atoms with Crippen LogP contribution in [-0.4, -0.2) is 32.8 Å². The molecule has 2 bridgehead atoms. The van der Waals surface area contributed by atoms with Crippen LogP contribution in [0.25, 0.3) is 11.0 Å². The molecule has 0 saturated carbocycles. The minimum atomic E-state index is -0.114. The zero-order valence-corrected chi connectivity index (χ0v) is 11.2. The van der Waals surface area contributed by atoms with Crippen LogP contribution in [0.5, 0.6) is 0 Å². The Bertz CT molecular complexity index is 607. The number of fused-ring (bicyclic) bond motifs is 3. The second-order valence-electron chi connectivity index (χ2n) is 5.92. The van der Waals surface area contributed by atoms with Crippen molar-refractivity contribution >= 4 is 16.7 Å². The summed E-state index contributed by atoms with van der Waals surface area (Å²) < 4.78 is 2.07. The molecular formula is C15H19N3O. The van der Waals surface area contributed by atoms with Gasteiger partial charge in [0.05, 0.1) is 23.6 Å². The number of aliphatic hydroxyl groups excluding tert-OH is 1. The lowest BCUT2D eigenvalue weighted by Gasteiger charge is -2.39. The van der Waals surface area contributed by atoms with E-state index in [0.29, 0.717) is 12.1 Å². The van der Waals surface area contributed by atoms with Gasteiger partial charge in [0.25, 0.3) is 0 Å². The summed E-state index contributed by atoms with van der Waals surface area (Å²) in [4.78, 5) is 7.08. The summed E-state index contributed by atoms with van der Waals surface area (Å²) >= 11 is 0. The van der Waals surface area contributed by atoms with E-state index < -0.39 is 0 Å². The summed E-state index contributed by atoms with van der Waals surface area (Å²) in [6.45, 7) is 0. The van der Waals surface area contributed by atoms with Crippen molar-refractivity contribution < 1.29 is 5.11 Å². The molecule has 19 heavy (non-hydrogen) atoms. The number of rotatable bonds is 1. The number of anilines is 1. The Kier molecular flexibility index (Phi) is 2.36. The third kappa shape index (κ3) is 1.59. The largest absolute Gasteiger partial charge is 0.393 e. The fraction of sp³-hybridized carbons (Fsp3) is 0.533. The number of benzene rings is 1. The molecule has 0 amide bonds. The van der Waals surface area contributed by atoms with Gasteiger partial charge in [-0.15, -0.1) is 0 Å². The number of aryl methyl sites for hydroxylation is 1. The molecule has 0 unspecified atom stereocenters. The molecule has 3 heterocycles. The lowest BCUT2D eigenvalue weighted by Crippen LogP contribution is -2.44. The van der Waals surface area contributed by atoms with E-state index in [-0.39, 0.29) is 6.10 Å². The van der Waals surface area contributed by atoms with Crippen molar-refractivity contribution in [3.05, 3.63) is 24.5 Å². The minimum Gasteiger partial charge on any atom is -0.393 e. The summed E-state index contributed by atoms with van der Waals surface area (Å²) in [5.74, 6) is 0. The fourth-order valence-corrected chi connectivity index (χ4v) is 3.89. The molecule has 4 heteroatoms. The van der Waals surface area contributed by atoms with Crippen LogP contribution in [0, 0.1) is 0 Å². The highest BCUT2D eigenvalue weighted by Gasteiger charge is 2.40. The van der Waals surface area contributed by atoms with Gasteiger partial charge >= 0.3 is 0 Å². The van der Waals surface area contributed by atoms with Gasteiger partial charge in [0.15, 0.2) is 0 Å². The molecule has 4 rings (SSSR count). The highest BCUT2D eigenvalue weighted by molar-refractivity contribution is 5.89. The predicted octanol–water partition coefficient (Wildman–Crippen LogP) is 2.07. The second kappa shape index (κ2) is 3.97. The molecule has 1 aromatic carbocycles. The standard InChI is InChI=1S/C15H19N3O/c1-17-9-16-15-13(17)3-2-4-14(15)18-10-5-6-11(18)8-12(19)7-10/h2-4,9-12,19H,5-8H2,1H3/t10-,11+,12-. The molecule has 4 nitrogen and oxygen atoms in total. The molecule has 2 aromatic rings. The quantitative estimate of drug-likeness (QED) is 0.850. The first kappa shape index (κ1) is 11.3. The van der Waals surface area contributed by atoms with Crippen molar-refractivity contribution in [1.29, 1.82) is 0 Å². The van der Waals surface area contributed by atoms with Crippen molar-refractivity contribution in [2.75, 3.05) is 4.90 Å². The molecule has 100 valence electrons. The number of hydrogen-bond acceptors (Lipinski definition) is 3. The van der Waals surface area contributed by atoms with Gasteiger partial charge in [-0.05, 0) is 37.8 Å². The summed E-state index contributed by atoms with van der Waals surface area (Å²) in [6.07, 6.45) is 5.97. The van der Waals surface area contributed by atoms with Crippen LogP contribution in [0.2, 0.25) is 0 Å². The van der Waals surface area contributed by atoms with E-state index in [2.05, 4.69) is 32.7 Å². The first-order valence-corrected chi connectivity index (χ1v) is 7.10. The van der Waals surface area contributed by atoms with E-state index in [0.717, 1.165) is 18.4 Å². The highest BCUT2D eigenvalue weighted by atomic mass is 16.3. The van der Waals surface area contributed by atoms with E-state index >= 15 is 0 Å². The van der Waals surface area contributed by atoms with Crippen LogP contribution in [0.3, 0.4) is 0 Å². The van der Waals surface area contributed by atoms with Crippen LogP contribution in [0.4, 0.5) is 5.69 Å². The molecule has 2 aliphatic heterocycles. The molecule has 2 aliphatic rings. The maximum absolute atomic E-state index is 9.93. The smallest absolute Gasteiger partial charge is 0.112 e. The van der Waals surface area contributed by atoms with Gasteiger partial charge in [-0.3, -0.25) is 0 Å².